The molecule has 0 aliphatic rings. The van der Waals surface area contributed by atoms with Gasteiger partial charge in [0.05, 0.1) is 16.4 Å². The topological polar surface area (TPSA) is 17.8 Å². The van der Waals surface area contributed by atoms with Gasteiger partial charge in [0.25, 0.3) is 0 Å². The largest absolute Gasteiger partial charge is 0.323 e. The van der Waals surface area contributed by atoms with E-state index in [0.29, 0.717) is 17.5 Å². The third kappa shape index (κ3) is 2.62. The van der Waals surface area contributed by atoms with Crippen LogP contribution in [-0.2, 0) is 0 Å². The van der Waals surface area contributed by atoms with E-state index in [2.05, 4.69) is 30.3 Å². The van der Waals surface area contributed by atoms with Crippen LogP contribution in [0.1, 0.15) is 51.4 Å². The Balaban J connectivity index is 2.71. The van der Waals surface area contributed by atoms with Crippen LogP contribution in [-0.4, -0.2) is 9.55 Å². The highest BCUT2D eigenvalue weighted by molar-refractivity contribution is 6.20. The zero-order valence-electron chi connectivity index (χ0n) is 11.8. The summed E-state index contributed by atoms with van der Waals surface area (Å²) in [7, 11) is 0. The summed E-state index contributed by atoms with van der Waals surface area (Å²) in [4.78, 5) is 4.52. The smallest absolute Gasteiger partial charge is 0.127 e. The van der Waals surface area contributed by atoms with Crippen molar-refractivity contribution in [2.24, 2.45) is 5.92 Å². The summed E-state index contributed by atoms with van der Waals surface area (Å²) in [5, 5.41) is -0.191. The van der Waals surface area contributed by atoms with Crippen molar-refractivity contribution in [3.8, 4) is 0 Å². The van der Waals surface area contributed by atoms with Gasteiger partial charge in [0.2, 0.25) is 0 Å². The molecule has 2 unspecified atom stereocenters. The van der Waals surface area contributed by atoms with E-state index in [9.17, 15) is 4.39 Å². The van der Waals surface area contributed by atoms with Crippen LogP contribution in [0.4, 0.5) is 4.39 Å². The number of alkyl halides is 1. The summed E-state index contributed by atoms with van der Waals surface area (Å²) in [6.07, 6.45) is 0.997. The van der Waals surface area contributed by atoms with Gasteiger partial charge in [0.1, 0.15) is 11.6 Å². The van der Waals surface area contributed by atoms with Gasteiger partial charge >= 0.3 is 0 Å². The van der Waals surface area contributed by atoms with Gasteiger partial charge in [-0.1, -0.05) is 20.8 Å². The number of hydrogen-bond acceptors (Lipinski definition) is 1. The zero-order chi connectivity index (χ0) is 14.2. The standard InChI is InChI=1S/C15H20ClFN2/c1-5-13(9(2)3)19-14-7-6-11(17)8-12(14)18-15(19)10(4)16/h6-10,13H,5H2,1-4H3. The number of benzene rings is 1. The Morgan fingerprint density at radius 3 is 2.53 bits per heavy atom. The monoisotopic (exact) mass is 282 g/mol. The maximum absolute atomic E-state index is 13.3. The van der Waals surface area contributed by atoms with E-state index >= 15 is 0 Å². The van der Waals surface area contributed by atoms with Crippen molar-refractivity contribution < 1.29 is 4.39 Å². The SMILES string of the molecule is CCC(C(C)C)n1c(C(C)Cl)nc2cc(F)ccc21. The molecule has 0 saturated heterocycles. The van der Waals surface area contributed by atoms with E-state index in [1.165, 1.54) is 12.1 Å². The molecule has 2 atom stereocenters. The summed E-state index contributed by atoms with van der Waals surface area (Å²) in [6, 6.07) is 5.08. The normalized spacial score (nSPS) is 15.1. The molecular weight excluding hydrogens is 263 g/mol. The number of nitrogens with zero attached hydrogens (tertiary/aromatic N) is 2. The van der Waals surface area contributed by atoms with E-state index in [4.69, 9.17) is 11.6 Å². The van der Waals surface area contributed by atoms with Crippen molar-refractivity contribution in [3.63, 3.8) is 0 Å². The van der Waals surface area contributed by atoms with E-state index in [1.54, 1.807) is 6.07 Å². The number of fused-ring (bicyclic) bond motifs is 1. The summed E-state index contributed by atoms with van der Waals surface area (Å²) in [6.45, 7) is 8.43. The average molecular weight is 283 g/mol. The van der Waals surface area contributed by atoms with Crippen LogP contribution in [0.25, 0.3) is 11.0 Å². The molecule has 0 saturated carbocycles. The van der Waals surface area contributed by atoms with Crippen LogP contribution in [0.5, 0.6) is 0 Å². The third-order valence-corrected chi connectivity index (χ3v) is 3.75. The quantitative estimate of drug-likeness (QED) is 0.715. The molecule has 0 aliphatic heterocycles. The van der Waals surface area contributed by atoms with Crippen molar-refractivity contribution in [2.75, 3.05) is 0 Å². The van der Waals surface area contributed by atoms with Gasteiger partial charge in [0.15, 0.2) is 0 Å². The van der Waals surface area contributed by atoms with Crippen LogP contribution >= 0.6 is 11.6 Å². The molecule has 0 N–H and O–H groups in total. The number of hydrogen-bond donors (Lipinski definition) is 0. The minimum Gasteiger partial charge on any atom is -0.323 e. The number of rotatable bonds is 4. The highest BCUT2D eigenvalue weighted by Gasteiger charge is 2.22. The second-order valence-electron chi connectivity index (χ2n) is 5.31. The minimum atomic E-state index is -0.261. The summed E-state index contributed by atoms with van der Waals surface area (Å²) < 4.78 is 15.5. The molecule has 1 aromatic carbocycles. The van der Waals surface area contributed by atoms with Crippen LogP contribution in [0.15, 0.2) is 18.2 Å². The van der Waals surface area contributed by atoms with Gasteiger partial charge in [0, 0.05) is 12.1 Å². The van der Waals surface area contributed by atoms with Crippen molar-refractivity contribution >= 4 is 22.6 Å². The van der Waals surface area contributed by atoms with Gasteiger partial charge < -0.3 is 4.57 Å². The number of aromatic nitrogens is 2. The van der Waals surface area contributed by atoms with Crippen LogP contribution in [0.2, 0.25) is 0 Å². The Hall–Kier alpha value is -1.09. The van der Waals surface area contributed by atoms with Gasteiger partial charge in [-0.15, -0.1) is 11.6 Å². The maximum atomic E-state index is 13.3. The Morgan fingerprint density at radius 2 is 2.00 bits per heavy atom. The lowest BCUT2D eigenvalue weighted by Crippen LogP contribution is -2.17. The molecule has 2 rings (SSSR count). The molecule has 0 bridgehead atoms. The first-order valence-corrected chi connectivity index (χ1v) is 7.20. The minimum absolute atomic E-state index is 0.191. The van der Waals surface area contributed by atoms with Crippen molar-refractivity contribution in [2.45, 2.75) is 45.5 Å². The first kappa shape index (κ1) is 14.3. The van der Waals surface area contributed by atoms with Gasteiger partial charge in [-0.05, 0) is 31.4 Å². The molecule has 104 valence electrons. The molecule has 0 amide bonds. The second-order valence-corrected chi connectivity index (χ2v) is 5.96. The van der Waals surface area contributed by atoms with E-state index in [0.717, 1.165) is 17.8 Å². The molecule has 2 nitrogen and oxygen atoms in total. The highest BCUT2D eigenvalue weighted by atomic mass is 35.5. The predicted octanol–water partition coefficient (Wildman–Crippen LogP) is 5.08. The fraction of sp³-hybridized carbons (Fsp3) is 0.533. The lowest BCUT2D eigenvalue weighted by Gasteiger charge is -2.24. The lowest BCUT2D eigenvalue weighted by atomic mass is 10.0. The summed E-state index contributed by atoms with van der Waals surface area (Å²) in [5.74, 6) is 1.04. The zero-order valence-corrected chi connectivity index (χ0v) is 12.6. The van der Waals surface area contributed by atoms with Crippen molar-refractivity contribution in [3.05, 3.63) is 29.8 Å². The first-order chi connectivity index (χ1) is 8.95. The van der Waals surface area contributed by atoms with E-state index < -0.39 is 0 Å². The third-order valence-electron chi connectivity index (χ3n) is 3.55. The average Bonchev–Trinajstić information content (AvgIpc) is 2.68. The molecule has 1 heterocycles. The van der Waals surface area contributed by atoms with Gasteiger partial charge in [-0.2, -0.15) is 0 Å². The molecule has 4 heteroatoms. The molecule has 0 spiro atoms. The van der Waals surface area contributed by atoms with Gasteiger partial charge in [-0.25, -0.2) is 9.37 Å². The Kier molecular flexibility index (Phi) is 4.14. The molecule has 19 heavy (non-hydrogen) atoms. The highest BCUT2D eigenvalue weighted by Crippen LogP contribution is 2.32. The Bertz CT molecular complexity index is 575. The lowest BCUT2D eigenvalue weighted by molar-refractivity contribution is 0.364. The maximum Gasteiger partial charge on any atom is 0.127 e. The fourth-order valence-electron chi connectivity index (χ4n) is 2.67. The molecule has 0 fully saturated rings. The van der Waals surface area contributed by atoms with Crippen molar-refractivity contribution in [1.82, 2.24) is 9.55 Å². The summed E-state index contributed by atoms with van der Waals surface area (Å²) in [5.41, 5.74) is 1.64. The Morgan fingerprint density at radius 1 is 1.32 bits per heavy atom. The second kappa shape index (κ2) is 5.49. The molecule has 1 aromatic heterocycles. The number of imidazole rings is 1. The van der Waals surface area contributed by atoms with Crippen molar-refractivity contribution in [1.29, 1.82) is 0 Å². The molecule has 0 aliphatic carbocycles. The van der Waals surface area contributed by atoms with E-state index in [-0.39, 0.29) is 11.2 Å². The Labute approximate surface area is 118 Å². The fourth-order valence-corrected chi connectivity index (χ4v) is 2.83. The van der Waals surface area contributed by atoms with Crippen LogP contribution in [0.3, 0.4) is 0 Å². The molecule has 2 aromatic rings. The molecular formula is C15H20ClFN2. The van der Waals surface area contributed by atoms with Crippen LogP contribution in [0, 0.1) is 11.7 Å². The van der Waals surface area contributed by atoms with Crippen LogP contribution < -0.4 is 0 Å². The van der Waals surface area contributed by atoms with Gasteiger partial charge in [-0.3, -0.25) is 0 Å². The molecule has 0 radical (unpaired) electrons. The van der Waals surface area contributed by atoms with E-state index in [1.807, 2.05) is 6.92 Å². The summed E-state index contributed by atoms with van der Waals surface area (Å²) >= 11 is 6.25. The predicted molar refractivity (Wildman–Crippen MR) is 78.1 cm³/mol. The number of halogens is 2. The first-order valence-electron chi connectivity index (χ1n) is 6.77.